The van der Waals surface area contributed by atoms with Crippen molar-refractivity contribution in [2.75, 3.05) is 19.7 Å². The van der Waals surface area contributed by atoms with Crippen LogP contribution in [0.2, 0.25) is 0 Å². The molecule has 0 unspecified atom stereocenters. The lowest BCUT2D eigenvalue weighted by Gasteiger charge is -2.44. The number of pyridine rings is 1. The van der Waals surface area contributed by atoms with Gasteiger partial charge in [0.2, 0.25) is 0 Å². The van der Waals surface area contributed by atoms with Crippen LogP contribution >= 0.6 is 11.3 Å². The number of hydrogen-bond acceptors (Lipinski definition) is 4. The van der Waals surface area contributed by atoms with Gasteiger partial charge in [-0.3, -0.25) is 9.59 Å². The van der Waals surface area contributed by atoms with E-state index in [-0.39, 0.29) is 22.6 Å². The summed E-state index contributed by atoms with van der Waals surface area (Å²) in [5.41, 5.74) is 2.52. The van der Waals surface area contributed by atoms with Gasteiger partial charge in [-0.1, -0.05) is 30.3 Å². The predicted octanol–water partition coefficient (Wildman–Crippen LogP) is 3.81. The Balaban J connectivity index is 1.34. The number of nitrogens with one attached hydrogen (secondary N) is 1. The second-order valence-electron chi connectivity index (χ2n) is 7.62. The first-order valence-electron chi connectivity index (χ1n) is 9.95. The van der Waals surface area contributed by atoms with Gasteiger partial charge in [-0.2, -0.15) is 0 Å². The molecule has 1 amide bonds. The van der Waals surface area contributed by atoms with Crippen molar-refractivity contribution in [3.63, 3.8) is 0 Å². The first-order chi connectivity index (χ1) is 14.2. The SMILES string of the molecule is O=C(c1ccc(-c2ccccc2)[nH]c1=O)N1CCC2(CC1)OCCc1sccc12. The second-order valence-corrected chi connectivity index (χ2v) is 8.62. The topological polar surface area (TPSA) is 62.4 Å². The van der Waals surface area contributed by atoms with Gasteiger partial charge in [0, 0.05) is 30.1 Å². The number of carbonyl (C=O) groups is 1. The van der Waals surface area contributed by atoms with Crippen LogP contribution in [0.1, 0.15) is 33.6 Å². The van der Waals surface area contributed by atoms with E-state index in [0.29, 0.717) is 18.8 Å². The molecule has 5 rings (SSSR count). The standard InChI is InChI=1S/C23H22N2O3S/c26-21-17(6-7-19(24-21)16-4-2-1-3-5-16)22(27)25-12-10-23(11-13-25)18-9-15-29-20(18)8-14-28-23/h1-7,9,15H,8,10-14H2,(H,24,26). The van der Waals surface area contributed by atoms with E-state index >= 15 is 0 Å². The third kappa shape index (κ3) is 3.22. The number of aromatic nitrogens is 1. The van der Waals surface area contributed by atoms with Crippen molar-refractivity contribution in [3.05, 3.63) is 80.3 Å². The number of amides is 1. The molecule has 0 aliphatic carbocycles. The lowest BCUT2D eigenvalue weighted by atomic mass is 9.82. The molecule has 0 saturated carbocycles. The van der Waals surface area contributed by atoms with Gasteiger partial charge in [-0.25, -0.2) is 0 Å². The molecular weight excluding hydrogens is 384 g/mol. The van der Waals surface area contributed by atoms with Crippen LogP contribution < -0.4 is 5.56 Å². The van der Waals surface area contributed by atoms with Crippen molar-refractivity contribution in [1.29, 1.82) is 0 Å². The molecule has 2 aromatic heterocycles. The second kappa shape index (κ2) is 7.28. The molecule has 5 nitrogen and oxygen atoms in total. The average molecular weight is 407 g/mol. The molecule has 0 atom stereocenters. The summed E-state index contributed by atoms with van der Waals surface area (Å²) in [6, 6.07) is 15.2. The molecule has 29 heavy (non-hydrogen) atoms. The van der Waals surface area contributed by atoms with Crippen LogP contribution in [0.3, 0.4) is 0 Å². The predicted molar refractivity (Wildman–Crippen MR) is 113 cm³/mol. The molecule has 1 spiro atoms. The van der Waals surface area contributed by atoms with Crippen molar-refractivity contribution in [3.8, 4) is 11.3 Å². The van der Waals surface area contributed by atoms with Gasteiger partial charge >= 0.3 is 0 Å². The summed E-state index contributed by atoms with van der Waals surface area (Å²) in [7, 11) is 0. The number of nitrogens with zero attached hydrogens (tertiary/aromatic N) is 1. The first kappa shape index (κ1) is 18.3. The maximum absolute atomic E-state index is 13.0. The van der Waals surface area contributed by atoms with E-state index in [9.17, 15) is 9.59 Å². The summed E-state index contributed by atoms with van der Waals surface area (Å²) < 4.78 is 6.21. The minimum Gasteiger partial charge on any atom is -0.370 e. The summed E-state index contributed by atoms with van der Waals surface area (Å²) in [6.45, 7) is 1.92. The van der Waals surface area contributed by atoms with Crippen LogP contribution in [0.15, 0.2) is 58.7 Å². The molecular formula is C23H22N2O3S. The molecule has 4 heterocycles. The van der Waals surface area contributed by atoms with E-state index in [1.54, 1.807) is 28.4 Å². The van der Waals surface area contributed by atoms with Gasteiger partial charge in [-0.05, 0) is 47.5 Å². The largest absolute Gasteiger partial charge is 0.370 e. The fraction of sp³-hybridized carbons (Fsp3) is 0.304. The fourth-order valence-electron chi connectivity index (χ4n) is 4.44. The van der Waals surface area contributed by atoms with E-state index in [1.807, 2.05) is 30.3 Å². The van der Waals surface area contributed by atoms with E-state index in [4.69, 9.17) is 4.74 Å². The zero-order chi connectivity index (χ0) is 19.8. The van der Waals surface area contributed by atoms with Crippen LogP contribution in [-0.2, 0) is 16.8 Å². The lowest BCUT2D eigenvalue weighted by molar-refractivity contribution is -0.0926. The van der Waals surface area contributed by atoms with Crippen molar-refractivity contribution < 1.29 is 9.53 Å². The number of hydrogen-bond donors (Lipinski definition) is 1. The number of aromatic amines is 1. The molecule has 1 saturated heterocycles. The Morgan fingerprint density at radius 1 is 1.07 bits per heavy atom. The van der Waals surface area contributed by atoms with Gasteiger partial charge in [0.1, 0.15) is 5.56 Å². The monoisotopic (exact) mass is 406 g/mol. The van der Waals surface area contributed by atoms with Crippen LogP contribution in [0, 0.1) is 0 Å². The van der Waals surface area contributed by atoms with E-state index in [1.165, 1.54) is 10.4 Å². The van der Waals surface area contributed by atoms with E-state index < -0.39 is 0 Å². The number of fused-ring (bicyclic) bond motifs is 2. The van der Waals surface area contributed by atoms with Gasteiger partial charge in [0.25, 0.3) is 11.5 Å². The molecule has 1 fully saturated rings. The molecule has 0 radical (unpaired) electrons. The average Bonchev–Trinajstić information content (AvgIpc) is 3.25. The highest BCUT2D eigenvalue weighted by Crippen LogP contribution is 2.43. The number of thiophene rings is 1. The number of likely N-dealkylation sites (tertiary alicyclic amines) is 1. The van der Waals surface area contributed by atoms with Crippen molar-refractivity contribution in [2.24, 2.45) is 0 Å². The minimum absolute atomic E-state index is 0.196. The smallest absolute Gasteiger partial charge is 0.261 e. The third-order valence-corrected chi connectivity index (χ3v) is 7.01. The normalized spacial score (nSPS) is 17.9. The molecule has 1 aromatic carbocycles. The Morgan fingerprint density at radius 2 is 1.86 bits per heavy atom. The number of carbonyl (C=O) groups excluding carboxylic acids is 1. The summed E-state index contributed by atoms with van der Waals surface area (Å²) in [5, 5.41) is 2.13. The maximum atomic E-state index is 13.0. The molecule has 0 bridgehead atoms. The fourth-order valence-corrected chi connectivity index (χ4v) is 5.39. The van der Waals surface area contributed by atoms with Crippen LogP contribution in [0.4, 0.5) is 0 Å². The zero-order valence-corrected chi connectivity index (χ0v) is 16.8. The molecule has 2 aliphatic rings. The highest BCUT2D eigenvalue weighted by atomic mass is 32.1. The number of rotatable bonds is 2. The number of piperidine rings is 1. The number of benzene rings is 1. The Bertz CT molecular complexity index is 1090. The van der Waals surface area contributed by atoms with Gasteiger partial charge in [-0.15, -0.1) is 11.3 Å². The van der Waals surface area contributed by atoms with Crippen molar-refractivity contribution >= 4 is 17.2 Å². The Kier molecular flexibility index (Phi) is 4.60. The minimum atomic E-state index is -0.342. The molecule has 2 aliphatic heterocycles. The molecule has 1 N–H and O–H groups in total. The molecule has 148 valence electrons. The number of H-pyrrole nitrogens is 1. The highest BCUT2D eigenvalue weighted by molar-refractivity contribution is 7.10. The van der Waals surface area contributed by atoms with Gasteiger partial charge < -0.3 is 14.6 Å². The Hall–Kier alpha value is -2.70. The summed E-state index contributed by atoms with van der Waals surface area (Å²) >= 11 is 1.79. The van der Waals surface area contributed by atoms with Crippen molar-refractivity contribution in [1.82, 2.24) is 9.88 Å². The van der Waals surface area contributed by atoms with E-state index in [2.05, 4.69) is 16.4 Å². The first-order valence-corrected chi connectivity index (χ1v) is 10.8. The maximum Gasteiger partial charge on any atom is 0.261 e. The highest BCUT2D eigenvalue weighted by Gasteiger charge is 2.42. The van der Waals surface area contributed by atoms with E-state index in [0.717, 1.165) is 31.4 Å². The molecule has 3 aromatic rings. The van der Waals surface area contributed by atoms with Crippen LogP contribution in [0.5, 0.6) is 0 Å². The van der Waals surface area contributed by atoms with Crippen LogP contribution in [0.25, 0.3) is 11.3 Å². The third-order valence-electron chi connectivity index (χ3n) is 6.03. The quantitative estimate of drug-likeness (QED) is 0.704. The van der Waals surface area contributed by atoms with Crippen LogP contribution in [-0.4, -0.2) is 35.5 Å². The van der Waals surface area contributed by atoms with Gasteiger partial charge in [0.05, 0.1) is 12.2 Å². The summed E-state index contributed by atoms with van der Waals surface area (Å²) in [6.07, 6.45) is 2.51. The molecule has 6 heteroatoms. The lowest BCUT2D eigenvalue weighted by Crippen LogP contribution is -2.48. The van der Waals surface area contributed by atoms with Gasteiger partial charge in [0.15, 0.2) is 0 Å². The Morgan fingerprint density at radius 3 is 2.62 bits per heavy atom. The number of ether oxygens (including phenoxy) is 1. The Labute approximate surface area is 173 Å². The van der Waals surface area contributed by atoms with Crippen molar-refractivity contribution in [2.45, 2.75) is 24.9 Å². The zero-order valence-electron chi connectivity index (χ0n) is 16.0. The summed E-state index contributed by atoms with van der Waals surface area (Å²) in [5.74, 6) is -0.206. The summed E-state index contributed by atoms with van der Waals surface area (Å²) in [4.78, 5) is 31.6.